The molecule has 2 saturated heterocycles. The molecule has 2 aliphatic rings. The molecular weight excluding hydrogens is 561 g/mol. The molecule has 3 N–H and O–H groups in total. The average molecular weight is 592 g/mol. The maximum Gasteiger partial charge on any atom is 0.246 e. The number of sulfonamides is 2. The van der Waals surface area contributed by atoms with Gasteiger partial charge < -0.3 is 19.9 Å². The summed E-state index contributed by atoms with van der Waals surface area (Å²) in [4.78, 5) is -0.366. The summed E-state index contributed by atoms with van der Waals surface area (Å²) in [5, 5.41) is 13.4. The van der Waals surface area contributed by atoms with Crippen LogP contribution in [0.4, 0.5) is 4.39 Å². The van der Waals surface area contributed by atoms with E-state index < -0.39 is 42.5 Å². The minimum atomic E-state index is -4.02. The molecule has 0 radical (unpaired) electrons. The van der Waals surface area contributed by atoms with Crippen LogP contribution in [-0.2, 0) is 24.8 Å². The molecule has 0 saturated carbocycles. The van der Waals surface area contributed by atoms with Crippen molar-refractivity contribution >= 4 is 31.6 Å². The van der Waals surface area contributed by atoms with Gasteiger partial charge in [0.25, 0.3) is 0 Å². The van der Waals surface area contributed by atoms with Crippen molar-refractivity contribution in [2.45, 2.75) is 46.8 Å². The molecule has 1 spiro atoms. The zero-order valence-electron chi connectivity index (χ0n) is 20.8. The van der Waals surface area contributed by atoms with Crippen molar-refractivity contribution in [3.05, 3.63) is 53.3 Å². The lowest BCUT2D eigenvalue weighted by atomic mass is 9.88. The van der Waals surface area contributed by atoms with Crippen LogP contribution >= 0.6 is 11.6 Å². The molecule has 2 fully saturated rings. The summed E-state index contributed by atoms with van der Waals surface area (Å²) in [7, 11) is -6.30. The van der Waals surface area contributed by atoms with Gasteiger partial charge in [-0.05, 0) is 50.6 Å². The molecule has 38 heavy (non-hydrogen) atoms. The number of piperidine rings is 1. The fourth-order valence-corrected chi connectivity index (χ4v) is 7.21. The SMILES string of the molecule is CNS(=O)(=O)c1cccc(OC[C@@H](O)CNC2COC3(CCN(S(=O)(=O)c4cccc(Cl)c4F)CC3)C2)c1. The summed E-state index contributed by atoms with van der Waals surface area (Å²) in [5.74, 6) is -0.628. The minimum Gasteiger partial charge on any atom is -0.491 e. The smallest absolute Gasteiger partial charge is 0.246 e. The molecule has 0 aromatic heterocycles. The Bertz CT molecular complexity index is 1350. The van der Waals surface area contributed by atoms with E-state index in [0.717, 1.165) is 0 Å². The van der Waals surface area contributed by atoms with Crippen LogP contribution in [0.2, 0.25) is 5.02 Å². The van der Waals surface area contributed by atoms with Crippen LogP contribution < -0.4 is 14.8 Å². The number of aliphatic hydroxyl groups is 1. The van der Waals surface area contributed by atoms with Gasteiger partial charge in [-0.3, -0.25) is 0 Å². The topological polar surface area (TPSA) is 134 Å². The van der Waals surface area contributed by atoms with Gasteiger partial charge in [0.1, 0.15) is 23.4 Å². The van der Waals surface area contributed by atoms with E-state index in [9.17, 15) is 26.3 Å². The van der Waals surface area contributed by atoms with Crippen LogP contribution in [0.3, 0.4) is 0 Å². The second kappa shape index (κ2) is 11.7. The van der Waals surface area contributed by atoms with E-state index in [2.05, 4.69) is 10.0 Å². The van der Waals surface area contributed by atoms with Gasteiger partial charge in [0.2, 0.25) is 20.0 Å². The van der Waals surface area contributed by atoms with Gasteiger partial charge in [-0.25, -0.2) is 25.9 Å². The molecule has 10 nitrogen and oxygen atoms in total. The highest BCUT2D eigenvalue weighted by Crippen LogP contribution is 2.38. The highest BCUT2D eigenvalue weighted by Gasteiger charge is 2.45. The molecule has 2 aliphatic heterocycles. The van der Waals surface area contributed by atoms with Crippen molar-refractivity contribution in [3.8, 4) is 5.75 Å². The van der Waals surface area contributed by atoms with Crippen molar-refractivity contribution in [1.29, 1.82) is 0 Å². The molecule has 2 aromatic carbocycles. The fourth-order valence-electron chi connectivity index (χ4n) is 4.68. The molecule has 0 bridgehead atoms. The van der Waals surface area contributed by atoms with Crippen molar-refractivity contribution in [2.24, 2.45) is 0 Å². The van der Waals surface area contributed by atoms with Gasteiger partial charge in [-0.1, -0.05) is 23.7 Å². The molecule has 2 atom stereocenters. The van der Waals surface area contributed by atoms with E-state index in [1.54, 1.807) is 12.1 Å². The number of hydrogen-bond acceptors (Lipinski definition) is 8. The summed E-state index contributed by atoms with van der Waals surface area (Å²) in [6.45, 7) is 0.988. The minimum absolute atomic E-state index is 0.0396. The van der Waals surface area contributed by atoms with Crippen molar-refractivity contribution in [3.63, 3.8) is 0 Å². The van der Waals surface area contributed by atoms with Crippen LogP contribution in [0.25, 0.3) is 0 Å². The number of aliphatic hydroxyl groups excluding tert-OH is 1. The maximum atomic E-state index is 14.4. The maximum absolute atomic E-state index is 14.4. The number of nitrogens with zero attached hydrogens (tertiary/aromatic N) is 1. The third-order valence-electron chi connectivity index (χ3n) is 6.85. The highest BCUT2D eigenvalue weighted by atomic mass is 35.5. The van der Waals surface area contributed by atoms with E-state index in [0.29, 0.717) is 31.6 Å². The Kier molecular flexibility index (Phi) is 8.99. The Morgan fingerprint density at radius 3 is 2.63 bits per heavy atom. The Morgan fingerprint density at radius 2 is 1.92 bits per heavy atom. The van der Waals surface area contributed by atoms with Gasteiger partial charge in [-0.15, -0.1) is 0 Å². The molecule has 1 unspecified atom stereocenters. The first-order chi connectivity index (χ1) is 18.0. The summed E-state index contributed by atoms with van der Waals surface area (Å²) in [6.07, 6.45) is 0.716. The number of halogens is 2. The number of nitrogens with one attached hydrogen (secondary N) is 2. The quantitative estimate of drug-likeness (QED) is 0.380. The van der Waals surface area contributed by atoms with Crippen LogP contribution in [0, 0.1) is 5.82 Å². The van der Waals surface area contributed by atoms with Gasteiger partial charge in [0, 0.05) is 31.7 Å². The predicted molar refractivity (Wildman–Crippen MR) is 139 cm³/mol. The molecule has 0 aliphatic carbocycles. The van der Waals surface area contributed by atoms with Gasteiger partial charge in [-0.2, -0.15) is 4.31 Å². The van der Waals surface area contributed by atoms with Crippen LogP contribution in [0.15, 0.2) is 52.3 Å². The van der Waals surface area contributed by atoms with Gasteiger partial charge >= 0.3 is 0 Å². The number of rotatable bonds is 10. The van der Waals surface area contributed by atoms with Gasteiger partial charge in [0.15, 0.2) is 5.82 Å². The number of ether oxygens (including phenoxy) is 2. The third kappa shape index (κ3) is 6.48. The number of benzene rings is 2. The Morgan fingerprint density at radius 1 is 1.21 bits per heavy atom. The summed E-state index contributed by atoms with van der Waals surface area (Å²) >= 11 is 5.77. The van der Waals surface area contributed by atoms with E-state index >= 15 is 0 Å². The van der Waals surface area contributed by atoms with E-state index in [4.69, 9.17) is 21.1 Å². The predicted octanol–water partition coefficient (Wildman–Crippen LogP) is 1.73. The van der Waals surface area contributed by atoms with Crippen LogP contribution in [0.1, 0.15) is 19.3 Å². The van der Waals surface area contributed by atoms with Crippen molar-refractivity contribution in [2.75, 3.05) is 39.9 Å². The summed E-state index contributed by atoms with van der Waals surface area (Å²) < 4.78 is 79.3. The Balaban J connectivity index is 1.24. The first-order valence-electron chi connectivity index (χ1n) is 12.1. The van der Waals surface area contributed by atoms with E-state index in [1.165, 1.54) is 41.7 Å². The standard InChI is InChI=1S/C24H31ClFN3O7S2/c1-27-37(31,32)20-5-2-4-19(12-20)35-16-18(30)14-28-17-13-24(36-15-17)8-10-29(11-9-24)38(33,34)22-7-3-6-21(25)23(22)26/h2-7,12,17-18,27-28,30H,8-11,13-16H2,1H3/t17?,18-/m0/s1. The highest BCUT2D eigenvalue weighted by molar-refractivity contribution is 7.89. The lowest BCUT2D eigenvalue weighted by molar-refractivity contribution is -0.0312. The third-order valence-corrected chi connectivity index (χ3v) is 10.5. The zero-order chi connectivity index (χ0) is 27.6. The van der Waals surface area contributed by atoms with E-state index in [-0.39, 0.29) is 42.2 Å². The second-order valence-electron chi connectivity index (χ2n) is 9.41. The Hall–Kier alpha value is -1.84. The first kappa shape index (κ1) is 29.2. The molecule has 0 amide bonds. The molecule has 14 heteroatoms. The molecular formula is C24H31ClFN3O7S2. The second-order valence-corrected chi connectivity index (χ2v) is 13.6. The largest absolute Gasteiger partial charge is 0.491 e. The van der Waals surface area contributed by atoms with Crippen LogP contribution in [0.5, 0.6) is 5.75 Å². The number of hydrogen-bond donors (Lipinski definition) is 3. The van der Waals surface area contributed by atoms with Crippen LogP contribution in [-0.4, -0.2) is 83.9 Å². The lowest BCUT2D eigenvalue weighted by Crippen LogP contribution is -2.47. The zero-order valence-corrected chi connectivity index (χ0v) is 23.2. The summed E-state index contributed by atoms with van der Waals surface area (Å²) in [5.41, 5.74) is -0.489. The molecule has 2 heterocycles. The summed E-state index contributed by atoms with van der Waals surface area (Å²) in [6, 6.07) is 9.88. The molecule has 2 aromatic rings. The average Bonchev–Trinajstić information content (AvgIpc) is 3.30. The van der Waals surface area contributed by atoms with Gasteiger partial charge in [0.05, 0.1) is 22.1 Å². The van der Waals surface area contributed by atoms with Crippen molar-refractivity contribution in [1.82, 2.24) is 14.3 Å². The lowest BCUT2D eigenvalue weighted by Gasteiger charge is -2.38. The van der Waals surface area contributed by atoms with E-state index in [1.807, 2.05) is 0 Å². The Labute approximate surface area is 227 Å². The fraction of sp³-hybridized carbons (Fsp3) is 0.500. The molecule has 4 rings (SSSR count). The normalized spacial score (nSPS) is 21.0. The molecule has 210 valence electrons. The van der Waals surface area contributed by atoms with Crippen molar-refractivity contribution < 1.29 is 35.8 Å². The first-order valence-corrected chi connectivity index (χ1v) is 15.4. The monoisotopic (exact) mass is 591 g/mol.